The summed E-state index contributed by atoms with van der Waals surface area (Å²) in [7, 11) is 2.22. The molecule has 0 bridgehead atoms. The number of nitrogens with zero attached hydrogens (tertiary/aromatic N) is 2. The third-order valence-electron chi connectivity index (χ3n) is 3.84. The smallest absolute Gasteiger partial charge is 0.0232 e. The lowest BCUT2D eigenvalue weighted by molar-refractivity contribution is 0.129. The summed E-state index contributed by atoms with van der Waals surface area (Å²) in [6.45, 7) is 12.5. The van der Waals surface area contributed by atoms with E-state index < -0.39 is 0 Å². The Bertz CT molecular complexity index is 225. The van der Waals surface area contributed by atoms with Crippen molar-refractivity contribution in [3.8, 4) is 0 Å². The molecule has 3 heteroatoms. The van der Waals surface area contributed by atoms with Gasteiger partial charge in [0, 0.05) is 24.7 Å². The summed E-state index contributed by atoms with van der Waals surface area (Å²) < 4.78 is 0. The van der Waals surface area contributed by atoms with Crippen LogP contribution in [0.15, 0.2) is 12.7 Å². The van der Waals surface area contributed by atoms with Gasteiger partial charge in [-0.05, 0) is 46.8 Å². The summed E-state index contributed by atoms with van der Waals surface area (Å²) in [4.78, 5) is 4.99. The van der Waals surface area contributed by atoms with Crippen molar-refractivity contribution in [2.75, 3.05) is 33.2 Å². The van der Waals surface area contributed by atoms with Gasteiger partial charge in [-0.2, -0.15) is 0 Å². The molecule has 0 aromatic heterocycles. The quantitative estimate of drug-likeness (QED) is 0.732. The third kappa shape index (κ3) is 3.30. The third-order valence-corrected chi connectivity index (χ3v) is 3.84. The van der Waals surface area contributed by atoms with E-state index in [-0.39, 0.29) is 5.54 Å². The van der Waals surface area contributed by atoms with Crippen LogP contribution < -0.4 is 5.73 Å². The molecule has 1 unspecified atom stereocenters. The fourth-order valence-electron chi connectivity index (χ4n) is 2.41. The van der Waals surface area contributed by atoms with E-state index in [2.05, 4.69) is 37.3 Å². The molecule has 16 heavy (non-hydrogen) atoms. The van der Waals surface area contributed by atoms with E-state index in [4.69, 9.17) is 5.73 Å². The molecule has 1 rings (SSSR count). The molecule has 94 valence electrons. The van der Waals surface area contributed by atoms with Crippen molar-refractivity contribution in [2.24, 2.45) is 5.73 Å². The van der Waals surface area contributed by atoms with Gasteiger partial charge in [0.2, 0.25) is 0 Å². The second-order valence-electron chi connectivity index (χ2n) is 5.47. The maximum atomic E-state index is 5.69. The molecule has 0 aromatic carbocycles. The number of hydrogen-bond donors (Lipinski definition) is 1. The van der Waals surface area contributed by atoms with Gasteiger partial charge >= 0.3 is 0 Å². The SMILES string of the molecule is C=CCN1CC(CCN)N(C)CCC1(C)C. The van der Waals surface area contributed by atoms with Crippen LogP contribution in [0, 0.1) is 0 Å². The summed E-state index contributed by atoms with van der Waals surface area (Å²) in [5.41, 5.74) is 5.96. The molecule has 0 spiro atoms. The molecule has 1 aliphatic heterocycles. The maximum absolute atomic E-state index is 5.69. The Labute approximate surface area is 100 Å². The fraction of sp³-hybridized carbons (Fsp3) is 0.846. The molecular weight excluding hydrogens is 198 g/mol. The number of hydrogen-bond acceptors (Lipinski definition) is 3. The molecular formula is C13H27N3. The van der Waals surface area contributed by atoms with Crippen molar-refractivity contribution in [3.05, 3.63) is 12.7 Å². The molecule has 1 atom stereocenters. The average Bonchev–Trinajstić information content (AvgIpc) is 2.32. The van der Waals surface area contributed by atoms with Gasteiger partial charge < -0.3 is 10.6 Å². The van der Waals surface area contributed by atoms with Crippen molar-refractivity contribution < 1.29 is 0 Å². The zero-order valence-corrected chi connectivity index (χ0v) is 11.1. The highest BCUT2D eigenvalue weighted by molar-refractivity contribution is 4.92. The molecule has 0 radical (unpaired) electrons. The summed E-state index contributed by atoms with van der Waals surface area (Å²) in [5, 5.41) is 0. The molecule has 1 saturated heterocycles. The molecule has 0 aromatic rings. The van der Waals surface area contributed by atoms with E-state index >= 15 is 0 Å². The van der Waals surface area contributed by atoms with E-state index in [9.17, 15) is 0 Å². The zero-order chi connectivity index (χ0) is 12.2. The first-order chi connectivity index (χ1) is 7.51. The Morgan fingerprint density at radius 1 is 1.50 bits per heavy atom. The standard InChI is InChI=1S/C13H27N3/c1-5-9-16-11-12(6-8-14)15(4)10-7-13(16,2)3/h5,12H,1,6-11,14H2,2-4H3. The Morgan fingerprint density at radius 2 is 2.19 bits per heavy atom. The number of nitrogens with two attached hydrogens (primary N) is 1. The molecule has 1 fully saturated rings. The first-order valence-electron chi connectivity index (χ1n) is 6.27. The average molecular weight is 225 g/mol. The topological polar surface area (TPSA) is 32.5 Å². The molecule has 2 N–H and O–H groups in total. The summed E-state index contributed by atoms with van der Waals surface area (Å²) >= 11 is 0. The van der Waals surface area contributed by atoms with Crippen LogP contribution in [-0.2, 0) is 0 Å². The van der Waals surface area contributed by atoms with E-state index in [1.54, 1.807) is 0 Å². The van der Waals surface area contributed by atoms with Gasteiger partial charge in [-0.25, -0.2) is 0 Å². The molecule has 1 heterocycles. The highest BCUT2D eigenvalue weighted by Gasteiger charge is 2.32. The lowest BCUT2D eigenvalue weighted by Crippen LogP contribution is -2.47. The summed E-state index contributed by atoms with van der Waals surface area (Å²) in [5.74, 6) is 0. The van der Waals surface area contributed by atoms with Gasteiger partial charge in [-0.1, -0.05) is 6.08 Å². The van der Waals surface area contributed by atoms with Crippen molar-refractivity contribution in [1.29, 1.82) is 0 Å². The maximum Gasteiger partial charge on any atom is 0.0232 e. The van der Waals surface area contributed by atoms with Crippen LogP contribution in [-0.4, -0.2) is 54.6 Å². The van der Waals surface area contributed by atoms with Gasteiger partial charge in [0.25, 0.3) is 0 Å². The monoisotopic (exact) mass is 225 g/mol. The van der Waals surface area contributed by atoms with Crippen molar-refractivity contribution in [3.63, 3.8) is 0 Å². The lowest BCUT2D eigenvalue weighted by atomic mass is 9.98. The Hall–Kier alpha value is -0.380. The van der Waals surface area contributed by atoms with Crippen LogP contribution in [0.4, 0.5) is 0 Å². The van der Waals surface area contributed by atoms with Crippen LogP contribution in [0.2, 0.25) is 0 Å². The second-order valence-corrected chi connectivity index (χ2v) is 5.47. The Balaban J connectivity index is 2.74. The molecule has 3 nitrogen and oxygen atoms in total. The van der Waals surface area contributed by atoms with Crippen LogP contribution in [0.3, 0.4) is 0 Å². The highest BCUT2D eigenvalue weighted by atomic mass is 15.3. The normalized spacial score (nSPS) is 27.6. The van der Waals surface area contributed by atoms with E-state index in [0.29, 0.717) is 6.04 Å². The van der Waals surface area contributed by atoms with Gasteiger partial charge in [0.1, 0.15) is 0 Å². The minimum absolute atomic E-state index is 0.270. The molecule has 0 saturated carbocycles. The highest BCUT2D eigenvalue weighted by Crippen LogP contribution is 2.24. The van der Waals surface area contributed by atoms with Gasteiger partial charge in [0.15, 0.2) is 0 Å². The van der Waals surface area contributed by atoms with Crippen LogP contribution in [0.25, 0.3) is 0 Å². The summed E-state index contributed by atoms with van der Waals surface area (Å²) in [6.07, 6.45) is 4.30. The van der Waals surface area contributed by atoms with Crippen molar-refractivity contribution >= 4 is 0 Å². The van der Waals surface area contributed by atoms with Gasteiger partial charge in [-0.15, -0.1) is 6.58 Å². The fourth-order valence-corrected chi connectivity index (χ4v) is 2.41. The van der Waals surface area contributed by atoms with E-state index in [0.717, 1.165) is 32.6 Å². The van der Waals surface area contributed by atoms with Crippen LogP contribution in [0.5, 0.6) is 0 Å². The predicted octanol–water partition coefficient (Wildman–Crippen LogP) is 1.31. The Morgan fingerprint density at radius 3 is 2.75 bits per heavy atom. The summed E-state index contributed by atoms with van der Waals surface area (Å²) in [6, 6.07) is 0.590. The Kier molecular flexibility index (Phi) is 4.96. The molecule has 1 aliphatic rings. The first kappa shape index (κ1) is 13.7. The second kappa shape index (κ2) is 5.80. The molecule has 0 amide bonds. The van der Waals surface area contributed by atoms with Gasteiger partial charge in [0.05, 0.1) is 0 Å². The largest absolute Gasteiger partial charge is 0.330 e. The van der Waals surface area contributed by atoms with E-state index in [1.807, 2.05) is 6.08 Å². The molecule has 0 aliphatic carbocycles. The predicted molar refractivity (Wildman–Crippen MR) is 70.6 cm³/mol. The zero-order valence-electron chi connectivity index (χ0n) is 11.1. The number of rotatable bonds is 4. The minimum atomic E-state index is 0.270. The van der Waals surface area contributed by atoms with Crippen molar-refractivity contribution in [1.82, 2.24) is 9.80 Å². The van der Waals surface area contributed by atoms with E-state index in [1.165, 1.54) is 6.42 Å². The minimum Gasteiger partial charge on any atom is -0.330 e. The number of likely N-dealkylation sites (N-methyl/N-ethyl adjacent to an activating group) is 1. The van der Waals surface area contributed by atoms with Crippen molar-refractivity contribution in [2.45, 2.75) is 38.3 Å². The van der Waals surface area contributed by atoms with Crippen LogP contribution >= 0.6 is 0 Å². The first-order valence-corrected chi connectivity index (χ1v) is 6.27. The van der Waals surface area contributed by atoms with Crippen LogP contribution in [0.1, 0.15) is 26.7 Å². The lowest BCUT2D eigenvalue weighted by Gasteiger charge is -2.37. The van der Waals surface area contributed by atoms with Gasteiger partial charge in [-0.3, -0.25) is 4.90 Å².